The van der Waals surface area contributed by atoms with Crippen LogP contribution < -0.4 is 9.47 Å². The summed E-state index contributed by atoms with van der Waals surface area (Å²) in [6, 6.07) is 3.18. The summed E-state index contributed by atoms with van der Waals surface area (Å²) in [5.41, 5.74) is 0.659. The number of hydrogen-bond donors (Lipinski definition) is 3. The van der Waals surface area contributed by atoms with Crippen LogP contribution in [0.2, 0.25) is 0 Å². The molecule has 0 aliphatic heterocycles. The van der Waals surface area contributed by atoms with Gasteiger partial charge in [-0.15, -0.1) is 0 Å². The molecule has 1 rings (SSSR count). The van der Waals surface area contributed by atoms with Crippen molar-refractivity contribution in [1.82, 2.24) is 0 Å². The lowest BCUT2D eigenvalue weighted by molar-refractivity contribution is 0.102. The third-order valence-electron chi connectivity index (χ3n) is 2.27. The van der Waals surface area contributed by atoms with E-state index in [9.17, 15) is 5.11 Å². The maximum absolute atomic E-state index is 9.70. The van der Waals surface area contributed by atoms with E-state index in [1.165, 1.54) is 20.4 Å². The summed E-state index contributed by atoms with van der Waals surface area (Å²) < 4.78 is 9.99. The van der Waals surface area contributed by atoms with Gasteiger partial charge in [0, 0.05) is 6.21 Å². The lowest BCUT2D eigenvalue weighted by Crippen LogP contribution is -2.15. The number of hydrogen-bond acceptors (Lipinski definition) is 6. The topological polar surface area (TPSA) is 91.5 Å². The number of aliphatic hydroxyl groups excluding tert-OH is 2. The highest BCUT2D eigenvalue weighted by Gasteiger charge is 2.10. The lowest BCUT2D eigenvalue weighted by Gasteiger charge is -2.09. The van der Waals surface area contributed by atoms with Crippen LogP contribution in [0, 0.1) is 0 Å². The third-order valence-corrected chi connectivity index (χ3v) is 2.27. The molecule has 0 heterocycles. The molecule has 0 radical (unpaired) electrons. The predicted molar refractivity (Wildman–Crippen MR) is 66.8 cm³/mol. The minimum Gasteiger partial charge on any atom is -0.502 e. The number of phenols is 1. The highest BCUT2D eigenvalue weighted by molar-refractivity contribution is 5.82. The van der Waals surface area contributed by atoms with Gasteiger partial charge in [-0.2, -0.15) is 0 Å². The van der Waals surface area contributed by atoms with Gasteiger partial charge in [0.2, 0.25) is 5.75 Å². The number of aliphatic hydroxyl groups is 2. The van der Waals surface area contributed by atoms with Crippen LogP contribution in [0.5, 0.6) is 17.2 Å². The molecule has 6 heteroatoms. The molecule has 0 aliphatic rings. The zero-order valence-electron chi connectivity index (χ0n) is 10.3. The second-order valence-corrected chi connectivity index (χ2v) is 3.60. The molecule has 1 unspecified atom stereocenters. The van der Waals surface area contributed by atoms with Gasteiger partial charge >= 0.3 is 0 Å². The molecule has 1 aromatic rings. The van der Waals surface area contributed by atoms with E-state index in [1.54, 1.807) is 12.1 Å². The molecular formula is C12H17NO5. The molecule has 18 heavy (non-hydrogen) atoms. The first-order chi connectivity index (χ1) is 8.62. The number of aliphatic imine (C=N–C) groups is 1. The molecule has 1 atom stereocenters. The minimum absolute atomic E-state index is 0.0763. The number of methoxy groups -OCH3 is 2. The summed E-state index contributed by atoms with van der Waals surface area (Å²) in [6.07, 6.45) is 0.630. The van der Waals surface area contributed by atoms with Crippen molar-refractivity contribution in [1.29, 1.82) is 0 Å². The van der Waals surface area contributed by atoms with Gasteiger partial charge in [-0.25, -0.2) is 0 Å². The Bertz CT molecular complexity index is 394. The fourth-order valence-electron chi connectivity index (χ4n) is 1.33. The van der Waals surface area contributed by atoms with Crippen LogP contribution in [0.4, 0.5) is 0 Å². The van der Waals surface area contributed by atoms with Crippen molar-refractivity contribution in [3.8, 4) is 17.2 Å². The number of aromatic hydroxyl groups is 1. The second kappa shape index (κ2) is 6.83. The van der Waals surface area contributed by atoms with Gasteiger partial charge < -0.3 is 24.8 Å². The van der Waals surface area contributed by atoms with Crippen LogP contribution in [0.15, 0.2) is 17.1 Å². The van der Waals surface area contributed by atoms with Crippen molar-refractivity contribution in [2.75, 3.05) is 27.4 Å². The number of nitrogens with zero attached hydrogens (tertiary/aromatic N) is 1. The van der Waals surface area contributed by atoms with Crippen LogP contribution in [0.1, 0.15) is 5.56 Å². The lowest BCUT2D eigenvalue weighted by atomic mass is 10.2. The first-order valence-electron chi connectivity index (χ1n) is 5.36. The van der Waals surface area contributed by atoms with E-state index >= 15 is 0 Å². The number of phenolic OH excluding ortho intramolecular Hbond substituents is 1. The standard InChI is InChI=1S/C12H17NO5/c1-17-10-3-8(4-11(18-2)12(10)16)5-13-6-9(15)7-14/h3-5,9,14-16H,6-7H2,1-2H3. The van der Waals surface area contributed by atoms with Crippen molar-refractivity contribution in [3.63, 3.8) is 0 Å². The third kappa shape index (κ3) is 3.61. The largest absolute Gasteiger partial charge is 0.502 e. The highest BCUT2D eigenvalue weighted by atomic mass is 16.5. The summed E-state index contributed by atoms with van der Waals surface area (Å²) >= 11 is 0. The quantitative estimate of drug-likeness (QED) is 0.631. The van der Waals surface area contributed by atoms with Crippen molar-refractivity contribution >= 4 is 6.21 Å². The molecule has 0 aromatic heterocycles. The van der Waals surface area contributed by atoms with E-state index in [0.29, 0.717) is 5.56 Å². The summed E-state index contributed by atoms with van der Waals surface area (Å²) in [6.45, 7) is -0.235. The van der Waals surface area contributed by atoms with Crippen LogP contribution in [0.25, 0.3) is 0 Å². The van der Waals surface area contributed by atoms with Crippen molar-refractivity contribution in [2.45, 2.75) is 6.10 Å². The molecule has 0 saturated heterocycles. The van der Waals surface area contributed by atoms with Crippen LogP contribution >= 0.6 is 0 Å². The van der Waals surface area contributed by atoms with Crippen LogP contribution in [0.3, 0.4) is 0 Å². The Morgan fingerprint density at radius 2 is 1.83 bits per heavy atom. The van der Waals surface area contributed by atoms with E-state index in [2.05, 4.69) is 4.99 Å². The molecule has 3 N–H and O–H groups in total. The Hall–Kier alpha value is -1.79. The fraction of sp³-hybridized carbons (Fsp3) is 0.417. The van der Waals surface area contributed by atoms with Gasteiger partial charge in [0.25, 0.3) is 0 Å². The van der Waals surface area contributed by atoms with Crippen molar-refractivity contribution in [2.24, 2.45) is 4.99 Å². The number of ether oxygens (including phenoxy) is 2. The van der Waals surface area contributed by atoms with Crippen LogP contribution in [-0.2, 0) is 0 Å². The SMILES string of the molecule is COc1cc(C=NCC(O)CO)cc(OC)c1O. The number of rotatable bonds is 6. The van der Waals surface area contributed by atoms with E-state index in [0.717, 1.165) is 0 Å². The zero-order chi connectivity index (χ0) is 13.5. The first-order valence-corrected chi connectivity index (χ1v) is 5.36. The van der Waals surface area contributed by atoms with Gasteiger partial charge in [0.1, 0.15) is 0 Å². The van der Waals surface area contributed by atoms with Gasteiger partial charge in [-0.3, -0.25) is 4.99 Å². The Morgan fingerprint density at radius 1 is 1.28 bits per heavy atom. The molecule has 6 nitrogen and oxygen atoms in total. The zero-order valence-corrected chi connectivity index (χ0v) is 10.3. The highest BCUT2D eigenvalue weighted by Crippen LogP contribution is 2.36. The summed E-state index contributed by atoms with van der Waals surface area (Å²) in [4.78, 5) is 3.97. The average molecular weight is 255 g/mol. The monoisotopic (exact) mass is 255 g/mol. The summed E-state index contributed by atoms with van der Waals surface area (Å²) in [7, 11) is 2.87. The fourth-order valence-corrected chi connectivity index (χ4v) is 1.33. The van der Waals surface area contributed by atoms with Gasteiger partial charge in [-0.05, 0) is 17.7 Å². The molecule has 0 fully saturated rings. The smallest absolute Gasteiger partial charge is 0.200 e. The molecule has 0 amide bonds. The Kier molecular flexibility index (Phi) is 5.41. The Morgan fingerprint density at radius 3 is 2.28 bits per heavy atom. The number of benzene rings is 1. The molecule has 0 aliphatic carbocycles. The Labute approximate surface area is 105 Å². The van der Waals surface area contributed by atoms with E-state index < -0.39 is 6.10 Å². The molecule has 0 bridgehead atoms. The van der Waals surface area contributed by atoms with Crippen molar-refractivity contribution < 1.29 is 24.8 Å². The molecule has 1 aromatic carbocycles. The second-order valence-electron chi connectivity index (χ2n) is 3.60. The van der Waals surface area contributed by atoms with E-state index in [-0.39, 0.29) is 30.4 Å². The van der Waals surface area contributed by atoms with Crippen molar-refractivity contribution in [3.05, 3.63) is 17.7 Å². The molecule has 100 valence electrons. The summed E-state index contributed by atoms with van der Waals surface area (Å²) in [5.74, 6) is 0.476. The molecular weight excluding hydrogens is 238 g/mol. The van der Waals surface area contributed by atoms with Gasteiger partial charge in [-0.1, -0.05) is 0 Å². The first kappa shape index (κ1) is 14.3. The van der Waals surface area contributed by atoms with Gasteiger partial charge in [0.05, 0.1) is 33.5 Å². The van der Waals surface area contributed by atoms with Gasteiger partial charge in [0.15, 0.2) is 11.5 Å². The van der Waals surface area contributed by atoms with E-state index in [4.69, 9.17) is 19.7 Å². The summed E-state index contributed by atoms with van der Waals surface area (Å²) in [5, 5.41) is 27.5. The van der Waals surface area contributed by atoms with Crippen LogP contribution in [-0.4, -0.2) is 55.0 Å². The normalized spacial score (nSPS) is 12.7. The molecule has 0 saturated carbocycles. The maximum atomic E-state index is 9.70. The minimum atomic E-state index is -0.873. The molecule has 0 spiro atoms. The maximum Gasteiger partial charge on any atom is 0.200 e. The van der Waals surface area contributed by atoms with E-state index in [1.807, 2.05) is 0 Å². The Balaban J connectivity index is 2.89. The predicted octanol–water partition coefficient (Wildman–Crippen LogP) is 0.181. The average Bonchev–Trinajstić information content (AvgIpc) is 2.39.